The Kier molecular flexibility index (Phi) is 3.71. The highest BCUT2D eigenvalue weighted by molar-refractivity contribution is 7.93. The van der Waals surface area contributed by atoms with Crippen LogP contribution >= 0.6 is 0 Å². The molecule has 0 spiro atoms. The smallest absolute Gasteiger partial charge is 0.269 e. The van der Waals surface area contributed by atoms with Gasteiger partial charge in [-0.05, 0) is 45.0 Å². The molecule has 0 atom stereocenters. The first-order valence-corrected chi connectivity index (χ1v) is 7.63. The molecule has 0 aliphatic heterocycles. The van der Waals surface area contributed by atoms with Gasteiger partial charge in [0.15, 0.2) is 10.7 Å². The highest BCUT2D eigenvalue weighted by atomic mass is 32.2. The number of hydrogen-bond acceptors (Lipinski definition) is 5. The Morgan fingerprint density at radius 1 is 1.25 bits per heavy atom. The van der Waals surface area contributed by atoms with Crippen LogP contribution in [0.2, 0.25) is 0 Å². The number of benzene rings is 1. The zero-order valence-electron chi connectivity index (χ0n) is 11.6. The topological polar surface area (TPSA) is 89.4 Å². The molecule has 108 valence electrons. The monoisotopic (exact) mass is 295 g/mol. The number of rotatable bonds is 4. The third kappa shape index (κ3) is 2.36. The summed E-state index contributed by atoms with van der Waals surface area (Å²) in [6, 6.07) is 6.69. The lowest BCUT2D eigenvalue weighted by atomic mass is 10.3. The molecule has 1 aromatic heterocycles. The molecule has 0 saturated carbocycles. The standard InChI is InChI=1S/C13H17N3O3S/c1-4-16(12-7-5-11(14)6-8-12)20(17,18)13-9(2)15-19-10(13)3/h5-8H,4,14H2,1-3H3. The molecular weight excluding hydrogens is 278 g/mol. The molecule has 1 aromatic carbocycles. The molecule has 6 nitrogen and oxygen atoms in total. The molecule has 0 saturated heterocycles. The molecule has 0 amide bonds. The summed E-state index contributed by atoms with van der Waals surface area (Å²) in [5.41, 5.74) is 7.12. The first-order chi connectivity index (χ1) is 9.37. The third-order valence-corrected chi connectivity index (χ3v) is 5.13. The predicted octanol–water partition coefficient (Wildman–Crippen LogP) is 2.09. The van der Waals surface area contributed by atoms with Crippen molar-refractivity contribution in [2.75, 3.05) is 16.6 Å². The van der Waals surface area contributed by atoms with Gasteiger partial charge in [-0.1, -0.05) is 5.16 Å². The van der Waals surface area contributed by atoms with Crippen LogP contribution in [0.25, 0.3) is 0 Å². The second kappa shape index (κ2) is 5.16. The highest BCUT2D eigenvalue weighted by Crippen LogP contribution is 2.28. The molecule has 7 heteroatoms. The van der Waals surface area contributed by atoms with Gasteiger partial charge in [0.2, 0.25) is 0 Å². The van der Waals surface area contributed by atoms with E-state index in [4.69, 9.17) is 10.3 Å². The van der Waals surface area contributed by atoms with Crippen LogP contribution in [0, 0.1) is 13.8 Å². The fourth-order valence-corrected chi connectivity index (χ4v) is 3.86. The van der Waals surface area contributed by atoms with Crippen molar-refractivity contribution >= 4 is 21.4 Å². The van der Waals surface area contributed by atoms with Crippen LogP contribution < -0.4 is 10.0 Å². The fraction of sp³-hybridized carbons (Fsp3) is 0.308. The minimum atomic E-state index is -3.70. The quantitative estimate of drug-likeness (QED) is 0.872. The van der Waals surface area contributed by atoms with E-state index in [9.17, 15) is 8.42 Å². The van der Waals surface area contributed by atoms with Crippen LogP contribution in [0.5, 0.6) is 0 Å². The van der Waals surface area contributed by atoms with E-state index in [1.165, 1.54) is 4.31 Å². The number of hydrogen-bond donors (Lipinski definition) is 1. The molecule has 0 aliphatic rings. The van der Waals surface area contributed by atoms with E-state index < -0.39 is 10.0 Å². The lowest BCUT2D eigenvalue weighted by Crippen LogP contribution is -2.31. The molecule has 0 fully saturated rings. The Morgan fingerprint density at radius 3 is 2.30 bits per heavy atom. The summed E-state index contributed by atoms with van der Waals surface area (Å²) in [6.45, 7) is 5.27. The maximum Gasteiger partial charge on any atom is 0.269 e. The van der Waals surface area contributed by atoms with Gasteiger partial charge in [-0.2, -0.15) is 0 Å². The van der Waals surface area contributed by atoms with Crippen molar-refractivity contribution in [1.29, 1.82) is 0 Å². The second-order valence-electron chi connectivity index (χ2n) is 4.41. The Balaban J connectivity index is 2.53. The summed E-state index contributed by atoms with van der Waals surface area (Å²) in [5.74, 6) is 0.288. The molecule has 1 heterocycles. The lowest BCUT2D eigenvalue weighted by molar-refractivity contribution is 0.390. The lowest BCUT2D eigenvalue weighted by Gasteiger charge is -2.22. The van der Waals surface area contributed by atoms with Gasteiger partial charge in [0.25, 0.3) is 10.0 Å². The Morgan fingerprint density at radius 2 is 1.85 bits per heavy atom. The molecule has 20 heavy (non-hydrogen) atoms. The number of aryl methyl sites for hydroxylation is 2. The van der Waals surface area contributed by atoms with Gasteiger partial charge in [0.05, 0.1) is 5.69 Å². The molecule has 2 N–H and O–H groups in total. The molecule has 2 rings (SSSR count). The van der Waals surface area contributed by atoms with Crippen molar-refractivity contribution in [3.8, 4) is 0 Å². The first kappa shape index (κ1) is 14.4. The number of nitrogen functional groups attached to an aromatic ring is 1. The van der Waals surface area contributed by atoms with Crippen molar-refractivity contribution < 1.29 is 12.9 Å². The van der Waals surface area contributed by atoms with E-state index in [0.29, 0.717) is 23.6 Å². The molecular formula is C13H17N3O3S. The normalized spacial score (nSPS) is 11.6. The molecule has 0 radical (unpaired) electrons. The number of anilines is 2. The third-order valence-electron chi connectivity index (χ3n) is 2.98. The summed E-state index contributed by atoms with van der Waals surface area (Å²) >= 11 is 0. The first-order valence-electron chi connectivity index (χ1n) is 6.19. The number of sulfonamides is 1. The van der Waals surface area contributed by atoms with Crippen LogP contribution in [0.3, 0.4) is 0 Å². The summed E-state index contributed by atoms with van der Waals surface area (Å²) in [4.78, 5) is 0.121. The van der Waals surface area contributed by atoms with Gasteiger partial charge in [-0.15, -0.1) is 0 Å². The Labute approximate surface area is 118 Å². The van der Waals surface area contributed by atoms with Crippen LogP contribution in [0.4, 0.5) is 11.4 Å². The fourth-order valence-electron chi connectivity index (χ4n) is 2.08. The van der Waals surface area contributed by atoms with E-state index in [1.807, 2.05) is 0 Å². The van der Waals surface area contributed by atoms with Crippen molar-refractivity contribution in [3.05, 3.63) is 35.7 Å². The van der Waals surface area contributed by atoms with Crippen LogP contribution in [0.1, 0.15) is 18.4 Å². The minimum Gasteiger partial charge on any atom is -0.399 e. The van der Waals surface area contributed by atoms with Crippen LogP contribution in [0.15, 0.2) is 33.7 Å². The van der Waals surface area contributed by atoms with Gasteiger partial charge in [-0.25, -0.2) is 8.42 Å². The predicted molar refractivity (Wildman–Crippen MR) is 77.0 cm³/mol. The molecule has 0 aliphatic carbocycles. The molecule has 0 bridgehead atoms. The minimum absolute atomic E-state index is 0.121. The van der Waals surface area contributed by atoms with Crippen molar-refractivity contribution in [1.82, 2.24) is 5.16 Å². The van der Waals surface area contributed by atoms with Crippen molar-refractivity contribution in [2.45, 2.75) is 25.7 Å². The average molecular weight is 295 g/mol. The zero-order valence-corrected chi connectivity index (χ0v) is 12.4. The summed E-state index contributed by atoms with van der Waals surface area (Å²) < 4.78 is 31.8. The van der Waals surface area contributed by atoms with Gasteiger partial charge >= 0.3 is 0 Å². The largest absolute Gasteiger partial charge is 0.399 e. The van der Waals surface area contributed by atoms with Crippen molar-refractivity contribution in [2.24, 2.45) is 0 Å². The number of nitrogens with two attached hydrogens (primary N) is 1. The van der Waals surface area contributed by atoms with Gasteiger partial charge in [0, 0.05) is 12.2 Å². The maximum atomic E-state index is 12.7. The molecule has 2 aromatic rings. The van der Waals surface area contributed by atoms with E-state index in [-0.39, 0.29) is 10.7 Å². The molecule has 0 unspecified atom stereocenters. The van der Waals surface area contributed by atoms with Gasteiger partial charge in [0.1, 0.15) is 5.69 Å². The van der Waals surface area contributed by atoms with E-state index >= 15 is 0 Å². The Hall–Kier alpha value is -2.02. The van der Waals surface area contributed by atoms with E-state index in [0.717, 1.165) is 0 Å². The highest BCUT2D eigenvalue weighted by Gasteiger charge is 2.30. The summed E-state index contributed by atoms with van der Waals surface area (Å²) in [5, 5.41) is 3.71. The van der Waals surface area contributed by atoms with Crippen LogP contribution in [-0.2, 0) is 10.0 Å². The van der Waals surface area contributed by atoms with Gasteiger partial charge < -0.3 is 10.3 Å². The van der Waals surface area contributed by atoms with Crippen LogP contribution in [-0.4, -0.2) is 20.1 Å². The summed E-state index contributed by atoms with van der Waals surface area (Å²) in [6.07, 6.45) is 0. The van der Waals surface area contributed by atoms with E-state index in [1.54, 1.807) is 45.0 Å². The van der Waals surface area contributed by atoms with E-state index in [2.05, 4.69) is 5.16 Å². The van der Waals surface area contributed by atoms with Gasteiger partial charge in [-0.3, -0.25) is 4.31 Å². The number of nitrogens with zero attached hydrogens (tertiary/aromatic N) is 2. The summed E-state index contributed by atoms with van der Waals surface area (Å²) in [7, 11) is -3.70. The SMILES string of the molecule is CCN(c1ccc(N)cc1)S(=O)(=O)c1c(C)noc1C. The zero-order chi connectivity index (χ0) is 14.9. The average Bonchev–Trinajstić information content (AvgIpc) is 2.72. The van der Waals surface area contributed by atoms with Crippen molar-refractivity contribution in [3.63, 3.8) is 0 Å². The number of aromatic nitrogens is 1. The Bertz CT molecular complexity index is 685. The maximum absolute atomic E-state index is 12.7. The second-order valence-corrected chi connectivity index (χ2v) is 6.21.